The number of rotatable bonds is 6. The highest BCUT2D eigenvalue weighted by molar-refractivity contribution is 4.81. The summed E-state index contributed by atoms with van der Waals surface area (Å²) in [5.41, 5.74) is 8.18. The lowest BCUT2D eigenvalue weighted by Crippen LogP contribution is -2.24. The second-order valence-corrected chi connectivity index (χ2v) is 4.11. The van der Waals surface area contributed by atoms with Gasteiger partial charge in [0.1, 0.15) is 0 Å². The minimum Gasteiger partial charge on any atom is -0.381 e. The van der Waals surface area contributed by atoms with Crippen molar-refractivity contribution in [2.45, 2.75) is 13.8 Å². The largest absolute Gasteiger partial charge is 0.381 e. The van der Waals surface area contributed by atoms with Gasteiger partial charge >= 0.3 is 0 Å². The zero-order chi connectivity index (χ0) is 11.1. The molecule has 2 atom stereocenters. The van der Waals surface area contributed by atoms with E-state index in [2.05, 4.69) is 21.8 Å². The lowest BCUT2D eigenvalue weighted by molar-refractivity contribution is 0.102. The second-order valence-electron chi connectivity index (χ2n) is 4.11. The molecule has 0 radical (unpaired) electrons. The summed E-state index contributed by atoms with van der Waals surface area (Å²) in [6, 6.07) is 0. The van der Waals surface area contributed by atoms with E-state index >= 15 is 0 Å². The van der Waals surface area contributed by atoms with Gasteiger partial charge in [0.05, 0.1) is 6.61 Å². The first kappa shape index (κ1) is 12.3. The van der Waals surface area contributed by atoms with Crippen LogP contribution in [-0.4, -0.2) is 44.3 Å². The summed E-state index contributed by atoms with van der Waals surface area (Å²) in [5.74, 6) is 1.32. The third kappa shape index (κ3) is 4.08. The quantitative estimate of drug-likeness (QED) is 0.383. The fourth-order valence-electron chi connectivity index (χ4n) is 2.04. The van der Waals surface area contributed by atoms with E-state index in [1.807, 2.05) is 6.92 Å². The molecule has 0 unspecified atom stereocenters. The molecule has 1 heterocycles. The molecule has 5 heteroatoms. The van der Waals surface area contributed by atoms with Crippen LogP contribution in [0.3, 0.4) is 0 Å². The molecule has 1 aliphatic rings. The van der Waals surface area contributed by atoms with Crippen LogP contribution < -0.4 is 0 Å². The van der Waals surface area contributed by atoms with Gasteiger partial charge in [0.25, 0.3) is 0 Å². The molecule has 0 aromatic rings. The van der Waals surface area contributed by atoms with Gasteiger partial charge in [-0.1, -0.05) is 12.0 Å². The monoisotopic (exact) mass is 212 g/mol. The van der Waals surface area contributed by atoms with Gasteiger partial charge in [0, 0.05) is 37.7 Å². The zero-order valence-electron chi connectivity index (χ0n) is 9.59. The lowest BCUT2D eigenvalue weighted by Gasteiger charge is -2.14. The first-order valence-corrected chi connectivity index (χ1v) is 5.58. The molecule has 1 saturated heterocycles. The molecular weight excluding hydrogens is 192 g/mol. The summed E-state index contributed by atoms with van der Waals surface area (Å²) in [6.07, 6.45) is 0. The van der Waals surface area contributed by atoms with Gasteiger partial charge in [-0.25, -0.2) is 0 Å². The molecule has 1 aliphatic heterocycles. The molecule has 5 nitrogen and oxygen atoms in total. The van der Waals surface area contributed by atoms with E-state index in [1.165, 1.54) is 0 Å². The highest BCUT2D eigenvalue weighted by Crippen LogP contribution is 2.22. The zero-order valence-corrected chi connectivity index (χ0v) is 9.59. The Morgan fingerprint density at radius 2 is 2.33 bits per heavy atom. The van der Waals surface area contributed by atoms with E-state index in [-0.39, 0.29) is 0 Å². The average Bonchev–Trinajstić information content (AvgIpc) is 2.57. The normalized spacial score (nSPS) is 26.5. The Morgan fingerprint density at radius 1 is 1.53 bits per heavy atom. The van der Waals surface area contributed by atoms with Gasteiger partial charge in [-0.05, 0) is 24.3 Å². The van der Waals surface area contributed by atoms with Gasteiger partial charge in [-0.2, -0.15) is 0 Å². The minimum atomic E-state index is 0.574. The molecule has 86 valence electrons. The maximum Gasteiger partial charge on any atom is 0.0509 e. The van der Waals surface area contributed by atoms with Crippen LogP contribution in [-0.2, 0) is 4.74 Å². The van der Waals surface area contributed by atoms with Crippen molar-refractivity contribution < 1.29 is 4.74 Å². The van der Waals surface area contributed by atoms with E-state index in [9.17, 15) is 0 Å². The third-order valence-electron chi connectivity index (χ3n) is 2.96. The number of azide groups is 1. The van der Waals surface area contributed by atoms with E-state index in [0.29, 0.717) is 18.4 Å². The Hall–Kier alpha value is -0.770. The Bertz CT molecular complexity index is 227. The number of hydrogen-bond donors (Lipinski definition) is 0. The van der Waals surface area contributed by atoms with Crippen LogP contribution in [0.15, 0.2) is 5.11 Å². The van der Waals surface area contributed by atoms with Crippen LogP contribution >= 0.6 is 0 Å². The molecule has 1 fully saturated rings. The van der Waals surface area contributed by atoms with E-state index in [4.69, 9.17) is 10.3 Å². The Morgan fingerprint density at radius 3 is 3.00 bits per heavy atom. The maximum absolute atomic E-state index is 8.18. The van der Waals surface area contributed by atoms with Gasteiger partial charge in [0.2, 0.25) is 0 Å². The minimum absolute atomic E-state index is 0.574. The van der Waals surface area contributed by atoms with Crippen molar-refractivity contribution >= 4 is 0 Å². The predicted molar refractivity (Wildman–Crippen MR) is 59.6 cm³/mol. The highest BCUT2D eigenvalue weighted by Gasteiger charge is 2.28. The fourth-order valence-corrected chi connectivity index (χ4v) is 2.04. The lowest BCUT2D eigenvalue weighted by atomic mass is 9.99. The molecule has 0 amide bonds. The van der Waals surface area contributed by atoms with Crippen LogP contribution in [0.25, 0.3) is 10.4 Å². The van der Waals surface area contributed by atoms with Crippen LogP contribution in [0.1, 0.15) is 13.8 Å². The Kier molecular flexibility index (Phi) is 5.47. The van der Waals surface area contributed by atoms with Crippen molar-refractivity contribution in [2.24, 2.45) is 17.0 Å². The van der Waals surface area contributed by atoms with Crippen LogP contribution in [0.4, 0.5) is 0 Å². The summed E-state index contributed by atoms with van der Waals surface area (Å²) in [5, 5.41) is 3.56. The summed E-state index contributed by atoms with van der Waals surface area (Å²) >= 11 is 0. The standard InChI is InChI=1S/C10H20N4O/c1-3-15-8-10-7-14(6-9(10)2)5-4-12-13-11/h9-10H,3-8H2,1-2H3/t9-,10+/m0/s1. The van der Waals surface area contributed by atoms with Gasteiger partial charge in [-0.15, -0.1) is 0 Å². The van der Waals surface area contributed by atoms with Crippen LogP contribution in [0, 0.1) is 11.8 Å². The molecule has 0 aromatic heterocycles. The topological polar surface area (TPSA) is 61.2 Å². The molecule has 0 saturated carbocycles. The SMILES string of the molecule is CCOC[C@H]1CN(CCN=[N+]=[N-])C[C@@H]1C. The average molecular weight is 212 g/mol. The van der Waals surface area contributed by atoms with Crippen molar-refractivity contribution in [1.82, 2.24) is 4.90 Å². The summed E-state index contributed by atoms with van der Waals surface area (Å²) < 4.78 is 5.45. The van der Waals surface area contributed by atoms with Gasteiger partial charge < -0.3 is 9.64 Å². The number of hydrogen-bond acceptors (Lipinski definition) is 3. The number of nitrogens with zero attached hydrogens (tertiary/aromatic N) is 4. The molecule has 0 bridgehead atoms. The van der Waals surface area contributed by atoms with Crippen molar-refractivity contribution in [3.8, 4) is 0 Å². The van der Waals surface area contributed by atoms with E-state index < -0.39 is 0 Å². The first-order valence-electron chi connectivity index (χ1n) is 5.58. The van der Waals surface area contributed by atoms with Crippen molar-refractivity contribution in [3.05, 3.63) is 10.4 Å². The fraction of sp³-hybridized carbons (Fsp3) is 1.00. The van der Waals surface area contributed by atoms with Crippen LogP contribution in [0.2, 0.25) is 0 Å². The van der Waals surface area contributed by atoms with Crippen LogP contribution in [0.5, 0.6) is 0 Å². The van der Waals surface area contributed by atoms with Gasteiger partial charge in [-0.3, -0.25) is 0 Å². The molecule has 0 aliphatic carbocycles. The molecular formula is C10H20N4O. The van der Waals surface area contributed by atoms with Gasteiger partial charge in [0.15, 0.2) is 0 Å². The number of likely N-dealkylation sites (tertiary alicyclic amines) is 1. The summed E-state index contributed by atoms with van der Waals surface area (Å²) in [4.78, 5) is 5.11. The van der Waals surface area contributed by atoms with E-state index in [1.54, 1.807) is 0 Å². The Labute approximate surface area is 91.0 Å². The smallest absolute Gasteiger partial charge is 0.0509 e. The highest BCUT2D eigenvalue weighted by atomic mass is 16.5. The predicted octanol–water partition coefficient (Wildman–Crippen LogP) is 1.90. The van der Waals surface area contributed by atoms with Crippen molar-refractivity contribution in [2.75, 3.05) is 39.4 Å². The molecule has 0 spiro atoms. The third-order valence-corrected chi connectivity index (χ3v) is 2.96. The Balaban J connectivity index is 2.24. The summed E-state index contributed by atoms with van der Waals surface area (Å²) in [7, 11) is 0. The second kappa shape index (κ2) is 6.67. The molecule has 1 rings (SSSR count). The van der Waals surface area contributed by atoms with E-state index in [0.717, 1.165) is 32.8 Å². The van der Waals surface area contributed by atoms with Crippen molar-refractivity contribution in [1.29, 1.82) is 0 Å². The molecule has 0 aromatic carbocycles. The maximum atomic E-state index is 8.18. The summed E-state index contributed by atoms with van der Waals surface area (Å²) in [6.45, 7) is 9.55. The molecule has 15 heavy (non-hydrogen) atoms. The van der Waals surface area contributed by atoms with Crippen molar-refractivity contribution in [3.63, 3.8) is 0 Å². The molecule has 0 N–H and O–H groups in total. The number of ether oxygens (including phenoxy) is 1. The first-order chi connectivity index (χ1) is 7.27.